The molecule has 4 aromatic heterocycles. The summed E-state index contributed by atoms with van der Waals surface area (Å²) in [4.78, 5) is 17.3. The van der Waals surface area contributed by atoms with E-state index in [-0.39, 0.29) is 54.5 Å². The van der Waals surface area contributed by atoms with Gasteiger partial charge in [-0.25, -0.2) is 38.6 Å². The normalized spacial score (nSPS) is 22.5. The van der Waals surface area contributed by atoms with Crippen LogP contribution in [-0.2, 0) is 25.3 Å². The van der Waals surface area contributed by atoms with E-state index in [1.807, 2.05) is 13.2 Å². The van der Waals surface area contributed by atoms with Gasteiger partial charge in [-0.15, -0.1) is 11.8 Å². The number of anilines is 2. The quantitative estimate of drug-likeness (QED) is 0.0291. The molecule has 22 nitrogen and oxygen atoms in total. The van der Waals surface area contributed by atoms with E-state index in [1.54, 1.807) is 35.0 Å². The van der Waals surface area contributed by atoms with Crippen molar-refractivity contribution in [2.45, 2.75) is 93.1 Å². The Labute approximate surface area is 441 Å². The van der Waals surface area contributed by atoms with E-state index in [0.717, 1.165) is 30.0 Å². The monoisotopic (exact) mass is 1110 g/mol. The lowest BCUT2D eigenvalue weighted by Gasteiger charge is -2.23. The second-order valence-electron chi connectivity index (χ2n) is 18.5. The minimum Gasteiger partial charge on any atom is -0.492 e. The summed E-state index contributed by atoms with van der Waals surface area (Å²) in [6.45, 7) is 1.94. The van der Waals surface area contributed by atoms with Crippen LogP contribution in [0.2, 0.25) is 0 Å². The number of hydrogen-bond acceptors (Lipinski definition) is 17. The Morgan fingerprint density at radius 2 is 1.43 bits per heavy atom. The molecule has 2 aromatic carbocycles. The number of aromatic nitrogens is 6. The van der Waals surface area contributed by atoms with Gasteiger partial charge in [0.15, 0.2) is 6.23 Å². The fourth-order valence-electron chi connectivity index (χ4n) is 9.10. The first kappa shape index (κ1) is 56.2. The van der Waals surface area contributed by atoms with Crippen molar-refractivity contribution in [2.24, 2.45) is 17.0 Å². The molecule has 0 unspecified atom stereocenters. The molecule has 1 saturated heterocycles. The molecule has 12 N–H and O–H groups in total. The molecular formula is C49H57F2N11O11S3. The number of halogens is 2. The maximum absolute atomic E-state index is 14.8. The number of rotatable bonds is 16. The van der Waals surface area contributed by atoms with Crippen LogP contribution in [0.4, 0.5) is 20.4 Å². The van der Waals surface area contributed by atoms with E-state index in [4.69, 9.17) is 26.1 Å². The Balaban J connectivity index is 0.000000206. The molecule has 3 aliphatic rings. The van der Waals surface area contributed by atoms with Gasteiger partial charge in [0.05, 0.1) is 46.2 Å². The Morgan fingerprint density at radius 1 is 0.829 bits per heavy atom. The highest BCUT2D eigenvalue weighted by Gasteiger charge is 2.46. The number of unbranched alkanes of at least 4 members (excludes halogenated alkanes) is 2. The Morgan fingerprint density at radius 3 is 2.04 bits per heavy atom. The van der Waals surface area contributed by atoms with Gasteiger partial charge in [-0.2, -0.15) is 21.1 Å². The van der Waals surface area contributed by atoms with Gasteiger partial charge >= 0.3 is 10.3 Å². The molecule has 9 rings (SSSR count). The van der Waals surface area contributed by atoms with E-state index in [0.29, 0.717) is 57.1 Å². The second kappa shape index (κ2) is 23.7. The molecule has 0 bridgehead atoms. The van der Waals surface area contributed by atoms with Crippen molar-refractivity contribution in [3.05, 3.63) is 95.3 Å². The van der Waals surface area contributed by atoms with Crippen LogP contribution in [0.1, 0.15) is 80.0 Å². The maximum atomic E-state index is 14.8. The topological polar surface area (TPSA) is 343 Å². The lowest BCUT2D eigenvalue weighted by Crippen LogP contribution is -2.42. The largest absolute Gasteiger partial charge is 0.492 e. The van der Waals surface area contributed by atoms with Crippen LogP contribution < -0.4 is 26.1 Å². The predicted molar refractivity (Wildman–Crippen MR) is 277 cm³/mol. The van der Waals surface area contributed by atoms with Crippen molar-refractivity contribution in [2.75, 3.05) is 44.0 Å². The Bertz CT molecular complexity index is 3450. The summed E-state index contributed by atoms with van der Waals surface area (Å²) in [6, 6.07) is 8.55. The summed E-state index contributed by atoms with van der Waals surface area (Å²) < 4.78 is 103. The number of hydrogen-bond donors (Lipinski definition) is 9. The second-order valence-corrected chi connectivity index (χ2v) is 22.2. The zero-order valence-electron chi connectivity index (χ0n) is 41.1. The first-order valence-electron chi connectivity index (χ1n) is 24.1. The average molecular weight is 1110 g/mol. The Kier molecular flexibility index (Phi) is 17.5. The average Bonchev–Trinajstić information content (AvgIpc) is 3.84. The van der Waals surface area contributed by atoms with Crippen molar-refractivity contribution in [1.29, 1.82) is 0 Å². The molecular weight excluding hydrogens is 1050 g/mol. The number of ether oxygens (including phenoxy) is 2. The number of thioether (sulfide) groups is 1. The minimum atomic E-state index is -4.58. The first-order valence-corrected chi connectivity index (χ1v) is 28.2. The van der Waals surface area contributed by atoms with Crippen LogP contribution in [0.15, 0.2) is 66.3 Å². The lowest BCUT2D eigenvalue weighted by molar-refractivity contribution is -0.0387. The standard InChI is InChI=1S/C28H34FN5O7S.C21H23FN6O4S2/c1-2-3-4-12-33(42(37,38)39)14-22-24(35)25(36)28(41-22)34-13-18(23-26(30)31-16-32-27(23)34)10-11-19-20(29)6-5-7-21(19)40-15-17-8-9-17;1-33-16-4-2-3-14(22)13(16)6-5-11-9-28(21-17(11)20(23)25-10-26-21)15-7-12(18(29)19(15)30)8-27-34(24,31)32/h5-7,13,16-17,22,24-25,28,35-36H,2-4,8-9,12,14-15H2,1H3,(H2,30,31,32)(H,37,38,39);2-4,9-10,12,15,18-19,27,29-30H,7-8H2,1H3,(H2,23,25,26)(H2,24,31,32)/t22-,24-,25-,28-;12-,15-,18-,19+/m11/s1. The molecule has 76 heavy (non-hydrogen) atoms. The summed E-state index contributed by atoms with van der Waals surface area (Å²) in [5, 5.41) is 48.7. The SMILES string of the molecule is CCCCCN(C[C@H]1O[C@@H](n2cc(C#Cc3c(F)cccc3OCC3CC3)c3c(N)ncnc32)[C@H](O)[C@@H]1O)S(=O)(=O)O.CSc1cccc(F)c1C#Cc1cn([C@@H]2C[C@H](CNS(N)(=O)=O)[C@@H](O)[C@H]2O)c2ncnc(N)c12. The molecule has 6 aromatic rings. The number of aliphatic hydroxyl groups excluding tert-OH is 4. The molecule has 5 heterocycles. The number of nitrogens with one attached hydrogen (secondary N) is 1. The smallest absolute Gasteiger partial charge is 0.335 e. The predicted octanol–water partition coefficient (Wildman–Crippen LogP) is 2.61. The third kappa shape index (κ3) is 12.7. The van der Waals surface area contributed by atoms with Crippen LogP contribution in [0.5, 0.6) is 5.75 Å². The highest BCUT2D eigenvalue weighted by Crippen LogP contribution is 2.39. The van der Waals surface area contributed by atoms with Crippen molar-refractivity contribution in [1.82, 2.24) is 38.1 Å². The molecule has 0 spiro atoms. The van der Waals surface area contributed by atoms with Gasteiger partial charge in [0, 0.05) is 42.8 Å². The number of nitrogen functional groups attached to an aromatic ring is 2. The molecule has 27 heteroatoms. The van der Waals surface area contributed by atoms with E-state index >= 15 is 0 Å². The number of aliphatic hydroxyl groups is 4. The number of nitrogens with zero attached hydrogens (tertiary/aromatic N) is 7. The van der Waals surface area contributed by atoms with Crippen molar-refractivity contribution >= 4 is 66.0 Å². The number of benzene rings is 2. The summed E-state index contributed by atoms with van der Waals surface area (Å²) in [7, 11) is -8.53. The van der Waals surface area contributed by atoms with Crippen LogP contribution in [0.25, 0.3) is 22.1 Å². The fraction of sp³-hybridized carbons (Fsp3) is 0.429. The fourth-order valence-corrected chi connectivity index (χ4v) is 10.8. The van der Waals surface area contributed by atoms with E-state index < -0.39 is 80.9 Å². The molecule has 3 fully saturated rings. The zero-order chi connectivity index (χ0) is 54.6. The van der Waals surface area contributed by atoms with Crippen molar-refractivity contribution in [3.8, 4) is 29.4 Å². The summed E-state index contributed by atoms with van der Waals surface area (Å²) in [5.74, 6) is 11.0. The van der Waals surface area contributed by atoms with Gasteiger partial charge in [0.25, 0.3) is 10.2 Å². The third-order valence-corrected chi connectivity index (χ3v) is 15.6. The van der Waals surface area contributed by atoms with Gasteiger partial charge < -0.3 is 50.5 Å². The van der Waals surface area contributed by atoms with Gasteiger partial charge in [-0.05, 0) is 62.1 Å². The van der Waals surface area contributed by atoms with Crippen LogP contribution in [-0.4, -0.2) is 138 Å². The van der Waals surface area contributed by atoms with Crippen molar-refractivity contribution < 1.29 is 60.1 Å². The van der Waals surface area contributed by atoms with E-state index in [9.17, 15) is 50.6 Å². The van der Waals surface area contributed by atoms with Crippen LogP contribution in [0, 0.1) is 47.2 Å². The Hall–Kier alpha value is -6.05. The molecule has 0 amide bonds. The highest BCUT2D eigenvalue weighted by molar-refractivity contribution is 7.98. The summed E-state index contributed by atoms with van der Waals surface area (Å²) >= 11 is 1.37. The zero-order valence-corrected chi connectivity index (χ0v) is 43.5. The van der Waals surface area contributed by atoms with Gasteiger partial charge in [-0.1, -0.05) is 55.6 Å². The van der Waals surface area contributed by atoms with E-state index in [1.165, 1.54) is 47.3 Å². The third-order valence-electron chi connectivity index (χ3n) is 13.3. The molecule has 8 atom stereocenters. The van der Waals surface area contributed by atoms with Crippen LogP contribution >= 0.6 is 11.8 Å². The van der Waals surface area contributed by atoms with Crippen molar-refractivity contribution in [3.63, 3.8) is 0 Å². The number of nitrogens with two attached hydrogens (primary N) is 3. The van der Waals surface area contributed by atoms with E-state index in [2.05, 4.69) is 48.3 Å². The summed E-state index contributed by atoms with van der Waals surface area (Å²) in [6.07, 6.45) is 4.14. The molecule has 1 aliphatic heterocycles. The van der Waals surface area contributed by atoms with Gasteiger partial charge in [0.1, 0.15) is 82.9 Å². The van der Waals surface area contributed by atoms with Gasteiger partial charge in [-0.3, -0.25) is 4.55 Å². The molecule has 406 valence electrons. The maximum Gasteiger partial charge on any atom is 0.335 e. The molecule has 2 saturated carbocycles. The minimum absolute atomic E-state index is 0.0262. The molecule has 2 aliphatic carbocycles. The van der Waals surface area contributed by atoms with Crippen LogP contribution in [0.3, 0.4) is 0 Å². The molecule has 0 radical (unpaired) electrons. The first-order chi connectivity index (χ1) is 36.2. The summed E-state index contributed by atoms with van der Waals surface area (Å²) in [5.41, 5.74) is 13.9. The lowest BCUT2D eigenvalue weighted by atomic mass is 10.1. The van der Waals surface area contributed by atoms with Gasteiger partial charge in [0.2, 0.25) is 0 Å². The highest BCUT2D eigenvalue weighted by atomic mass is 32.2. The number of fused-ring (bicyclic) bond motifs is 2.